The molecule has 0 unspecified atom stereocenters. The molecule has 0 spiro atoms. The van der Waals surface area contributed by atoms with E-state index in [0.29, 0.717) is 11.8 Å². The summed E-state index contributed by atoms with van der Waals surface area (Å²) in [4.78, 5) is 0. The first-order valence-electron chi connectivity index (χ1n) is 7.37. The summed E-state index contributed by atoms with van der Waals surface area (Å²) in [7, 11) is 0. The van der Waals surface area contributed by atoms with Crippen molar-refractivity contribution in [2.24, 2.45) is 5.92 Å². The summed E-state index contributed by atoms with van der Waals surface area (Å²) in [6, 6.07) is 0. The molecule has 18 heavy (non-hydrogen) atoms. The van der Waals surface area contributed by atoms with Crippen LogP contribution in [0.1, 0.15) is 64.6 Å². The van der Waals surface area contributed by atoms with Gasteiger partial charge in [-0.05, 0) is 31.6 Å². The van der Waals surface area contributed by atoms with Crippen molar-refractivity contribution in [2.45, 2.75) is 72.8 Å². The third kappa shape index (κ3) is 4.04. The molecule has 0 aromatic carbocycles. The molecule has 0 aliphatic carbocycles. The first kappa shape index (κ1) is 15.1. The summed E-state index contributed by atoms with van der Waals surface area (Å²) in [6.07, 6.45) is 6.55. The van der Waals surface area contributed by atoms with E-state index < -0.39 is 0 Å². The molecular weight excluding hydrogens is 224 g/mol. The Morgan fingerprint density at radius 1 is 1.11 bits per heavy atom. The number of nitrogens with zero attached hydrogens (tertiary/aromatic N) is 2. The van der Waals surface area contributed by atoms with E-state index in [1.54, 1.807) is 4.68 Å². The molecular formula is C15H28N2O. The number of rotatable bonds is 8. The molecule has 0 radical (unpaired) electrons. The van der Waals surface area contributed by atoms with E-state index in [0.717, 1.165) is 49.9 Å². The second-order valence-electron chi connectivity index (χ2n) is 5.53. The van der Waals surface area contributed by atoms with Crippen LogP contribution in [0, 0.1) is 5.92 Å². The maximum absolute atomic E-state index is 10.3. The van der Waals surface area contributed by atoms with Gasteiger partial charge in [-0.25, -0.2) is 4.68 Å². The maximum Gasteiger partial charge on any atom is 0.212 e. The lowest BCUT2D eigenvalue weighted by Gasteiger charge is -2.06. The first-order valence-corrected chi connectivity index (χ1v) is 7.37. The van der Waals surface area contributed by atoms with Crippen LogP contribution < -0.4 is 0 Å². The molecule has 3 nitrogen and oxygen atoms in total. The number of hydrogen-bond donors (Lipinski definition) is 1. The van der Waals surface area contributed by atoms with Crippen molar-refractivity contribution in [3.63, 3.8) is 0 Å². The summed E-state index contributed by atoms with van der Waals surface area (Å²) >= 11 is 0. The van der Waals surface area contributed by atoms with E-state index in [1.165, 1.54) is 6.42 Å². The third-order valence-electron chi connectivity index (χ3n) is 3.19. The largest absolute Gasteiger partial charge is 0.493 e. The quantitative estimate of drug-likeness (QED) is 0.761. The molecule has 0 aliphatic rings. The standard InChI is InChI=1S/C15H28N2O/c1-5-7-9-13-14(10-8-6-2)16-17(15(13)18)11-12(3)4/h12,18H,5-11H2,1-4H3. The second kappa shape index (κ2) is 7.45. The van der Waals surface area contributed by atoms with Gasteiger partial charge >= 0.3 is 0 Å². The molecule has 104 valence electrons. The SMILES string of the molecule is CCCCc1nn(CC(C)C)c(O)c1CCCC. The number of aromatic nitrogens is 2. The molecule has 1 rings (SSSR count). The van der Waals surface area contributed by atoms with Gasteiger partial charge < -0.3 is 5.11 Å². The predicted octanol–water partition coefficient (Wildman–Crippen LogP) is 3.93. The van der Waals surface area contributed by atoms with Crippen LogP contribution in [0.15, 0.2) is 0 Å². The summed E-state index contributed by atoms with van der Waals surface area (Å²) in [5.74, 6) is 0.914. The van der Waals surface area contributed by atoms with Crippen LogP contribution in [0.5, 0.6) is 5.88 Å². The van der Waals surface area contributed by atoms with Crippen molar-refractivity contribution in [3.05, 3.63) is 11.3 Å². The zero-order valence-corrected chi connectivity index (χ0v) is 12.4. The molecule has 0 bridgehead atoms. The van der Waals surface area contributed by atoms with E-state index in [-0.39, 0.29) is 0 Å². The highest BCUT2D eigenvalue weighted by Gasteiger charge is 2.16. The molecule has 1 aromatic rings. The average molecular weight is 252 g/mol. The second-order valence-corrected chi connectivity index (χ2v) is 5.53. The Labute approximate surface area is 111 Å². The average Bonchev–Trinajstić information content (AvgIpc) is 2.60. The molecule has 0 aliphatic heterocycles. The van der Waals surface area contributed by atoms with Crippen LogP contribution in [0.25, 0.3) is 0 Å². The molecule has 0 saturated carbocycles. The first-order chi connectivity index (χ1) is 8.60. The number of hydrogen-bond acceptors (Lipinski definition) is 2. The fourth-order valence-corrected chi connectivity index (χ4v) is 2.17. The number of aromatic hydroxyl groups is 1. The molecule has 0 amide bonds. The minimum Gasteiger partial charge on any atom is -0.493 e. The Bertz CT molecular complexity index is 356. The number of aryl methyl sites for hydroxylation is 1. The fourth-order valence-electron chi connectivity index (χ4n) is 2.17. The van der Waals surface area contributed by atoms with Gasteiger partial charge in [0.15, 0.2) is 0 Å². The zero-order chi connectivity index (χ0) is 13.5. The van der Waals surface area contributed by atoms with Crippen LogP contribution in [0.4, 0.5) is 0 Å². The smallest absolute Gasteiger partial charge is 0.212 e. The van der Waals surface area contributed by atoms with Crippen molar-refractivity contribution in [2.75, 3.05) is 0 Å². The van der Waals surface area contributed by atoms with E-state index in [4.69, 9.17) is 0 Å². The third-order valence-corrected chi connectivity index (χ3v) is 3.19. The van der Waals surface area contributed by atoms with E-state index >= 15 is 0 Å². The lowest BCUT2D eigenvalue weighted by molar-refractivity contribution is 0.368. The van der Waals surface area contributed by atoms with Gasteiger partial charge in [0.2, 0.25) is 5.88 Å². The Morgan fingerprint density at radius 2 is 1.72 bits per heavy atom. The lowest BCUT2D eigenvalue weighted by Crippen LogP contribution is -2.06. The molecule has 3 heteroatoms. The minimum atomic E-state index is 0.406. The minimum absolute atomic E-state index is 0.406. The Balaban J connectivity index is 2.90. The van der Waals surface area contributed by atoms with Gasteiger partial charge in [0.1, 0.15) is 0 Å². The van der Waals surface area contributed by atoms with Crippen LogP contribution in [0.3, 0.4) is 0 Å². The van der Waals surface area contributed by atoms with Crippen molar-refractivity contribution >= 4 is 0 Å². The number of unbranched alkanes of at least 4 members (excludes halogenated alkanes) is 2. The molecule has 0 saturated heterocycles. The summed E-state index contributed by atoms with van der Waals surface area (Å²) in [6.45, 7) is 9.48. The van der Waals surface area contributed by atoms with E-state index in [1.807, 2.05) is 0 Å². The molecule has 0 atom stereocenters. The van der Waals surface area contributed by atoms with Crippen molar-refractivity contribution < 1.29 is 5.11 Å². The Kier molecular flexibility index (Phi) is 6.23. The lowest BCUT2D eigenvalue weighted by atomic mass is 10.1. The molecule has 1 heterocycles. The highest BCUT2D eigenvalue weighted by molar-refractivity contribution is 5.31. The van der Waals surface area contributed by atoms with Gasteiger partial charge in [0, 0.05) is 12.1 Å². The van der Waals surface area contributed by atoms with Crippen molar-refractivity contribution in [1.82, 2.24) is 9.78 Å². The van der Waals surface area contributed by atoms with Gasteiger partial charge in [0.25, 0.3) is 0 Å². The van der Waals surface area contributed by atoms with Crippen LogP contribution >= 0.6 is 0 Å². The van der Waals surface area contributed by atoms with Crippen LogP contribution in [0.2, 0.25) is 0 Å². The van der Waals surface area contributed by atoms with Crippen LogP contribution in [-0.4, -0.2) is 14.9 Å². The summed E-state index contributed by atoms with van der Waals surface area (Å²) in [5, 5.41) is 14.9. The summed E-state index contributed by atoms with van der Waals surface area (Å²) < 4.78 is 1.79. The predicted molar refractivity (Wildman–Crippen MR) is 76.0 cm³/mol. The van der Waals surface area contributed by atoms with E-state index in [9.17, 15) is 5.11 Å². The molecule has 1 aromatic heterocycles. The van der Waals surface area contributed by atoms with Gasteiger partial charge in [-0.3, -0.25) is 0 Å². The van der Waals surface area contributed by atoms with Crippen molar-refractivity contribution in [3.8, 4) is 5.88 Å². The zero-order valence-electron chi connectivity index (χ0n) is 12.4. The normalized spacial score (nSPS) is 11.4. The Morgan fingerprint density at radius 3 is 2.28 bits per heavy atom. The van der Waals surface area contributed by atoms with Gasteiger partial charge in [0.05, 0.1) is 5.69 Å². The molecule has 1 N–H and O–H groups in total. The maximum atomic E-state index is 10.3. The Hall–Kier alpha value is -0.990. The highest BCUT2D eigenvalue weighted by Crippen LogP contribution is 2.25. The van der Waals surface area contributed by atoms with Gasteiger partial charge in [-0.1, -0.05) is 40.5 Å². The van der Waals surface area contributed by atoms with Crippen molar-refractivity contribution in [1.29, 1.82) is 0 Å². The van der Waals surface area contributed by atoms with Gasteiger partial charge in [-0.2, -0.15) is 5.10 Å². The van der Waals surface area contributed by atoms with E-state index in [2.05, 4.69) is 32.8 Å². The van der Waals surface area contributed by atoms with Crippen LogP contribution in [-0.2, 0) is 19.4 Å². The monoisotopic (exact) mass is 252 g/mol. The topological polar surface area (TPSA) is 38.0 Å². The molecule has 0 fully saturated rings. The fraction of sp³-hybridized carbons (Fsp3) is 0.800. The van der Waals surface area contributed by atoms with Gasteiger partial charge in [-0.15, -0.1) is 0 Å². The summed E-state index contributed by atoms with van der Waals surface area (Å²) in [5.41, 5.74) is 2.20. The highest BCUT2D eigenvalue weighted by atomic mass is 16.3.